The smallest absolute Gasteiger partial charge is 0.174 e. The van der Waals surface area contributed by atoms with Crippen molar-refractivity contribution in [3.8, 4) is 0 Å². The van der Waals surface area contributed by atoms with Crippen LogP contribution in [0.1, 0.15) is 15.9 Å². The molecule has 0 aromatic heterocycles. The molecule has 0 atom stereocenters. The molecule has 0 unspecified atom stereocenters. The SMILES string of the molecule is Cc1cccc2c1C(=O)CS2. The molecule has 2 rings (SSSR count). The quantitative estimate of drug-likeness (QED) is 0.585. The predicted octanol–water partition coefficient (Wildman–Crippen LogP) is 2.28. The van der Waals surface area contributed by atoms with Gasteiger partial charge in [-0.2, -0.15) is 0 Å². The topological polar surface area (TPSA) is 17.1 Å². The summed E-state index contributed by atoms with van der Waals surface area (Å²) >= 11 is 1.64. The average molecular weight is 164 g/mol. The summed E-state index contributed by atoms with van der Waals surface area (Å²) in [6.07, 6.45) is 0. The van der Waals surface area contributed by atoms with Crippen LogP contribution in [0.15, 0.2) is 23.1 Å². The molecule has 1 aliphatic heterocycles. The van der Waals surface area contributed by atoms with Crippen molar-refractivity contribution >= 4 is 17.5 Å². The number of carbonyl (C=O) groups excluding carboxylic acids is 1. The molecule has 0 saturated carbocycles. The van der Waals surface area contributed by atoms with Crippen LogP contribution in [0.4, 0.5) is 0 Å². The van der Waals surface area contributed by atoms with Crippen molar-refractivity contribution in [1.82, 2.24) is 0 Å². The molecule has 0 saturated heterocycles. The van der Waals surface area contributed by atoms with Crippen LogP contribution in [0.25, 0.3) is 0 Å². The van der Waals surface area contributed by atoms with Gasteiger partial charge in [0.25, 0.3) is 0 Å². The number of fused-ring (bicyclic) bond motifs is 1. The summed E-state index contributed by atoms with van der Waals surface area (Å²) in [6.45, 7) is 1.99. The number of aryl methyl sites for hydroxylation is 1. The van der Waals surface area contributed by atoms with E-state index in [0.717, 1.165) is 16.0 Å². The molecular weight excluding hydrogens is 156 g/mol. The first-order valence-corrected chi connectivity index (χ1v) is 4.53. The number of Topliss-reactive ketones (excluding diaryl/α,β-unsaturated/α-hetero) is 1. The van der Waals surface area contributed by atoms with E-state index in [1.54, 1.807) is 11.8 Å². The molecule has 0 amide bonds. The van der Waals surface area contributed by atoms with Gasteiger partial charge in [0, 0.05) is 10.5 Å². The van der Waals surface area contributed by atoms with Crippen molar-refractivity contribution in [2.75, 3.05) is 5.75 Å². The summed E-state index contributed by atoms with van der Waals surface area (Å²) in [4.78, 5) is 12.4. The van der Waals surface area contributed by atoms with Crippen LogP contribution in [0.5, 0.6) is 0 Å². The first kappa shape index (κ1) is 6.92. The Morgan fingerprint density at radius 1 is 1.45 bits per heavy atom. The molecule has 1 aliphatic rings. The van der Waals surface area contributed by atoms with Gasteiger partial charge in [-0.05, 0) is 18.6 Å². The maximum atomic E-state index is 11.3. The largest absolute Gasteiger partial charge is 0.293 e. The lowest BCUT2D eigenvalue weighted by molar-refractivity contribution is 0.102. The predicted molar refractivity (Wildman–Crippen MR) is 46.2 cm³/mol. The van der Waals surface area contributed by atoms with Gasteiger partial charge in [-0.25, -0.2) is 0 Å². The summed E-state index contributed by atoms with van der Waals surface area (Å²) in [7, 11) is 0. The van der Waals surface area contributed by atoms with Crippen LogP contribution in [0, 0.1) is 6.92 Å². The molecule has 1 heterocycles. The van der Waals surface area contributed by atoms with E-state index in [2.05, 4.69) is 0 Å². The maximum absolute atomic E-state index is 11.3. The van der Waals surface area contributed by atoms with Gasteiger partial charge in [-0.15, -0.1) is 11.8 Å². The van der Waals surface area contributed by atoms with E-state index < -0.39 is 0 Å². The fraction of sp³-hybridized carbons (Fsp3) is 0.222. The Kier molecular flexibility index (Phi) is 1.50. The Bertz CT molecular complexity index is 317. The molecule has 0 bridgehead atoms. The van der Waals surface area contributed by atoms with Gasteiger partial charge >= 0.3 is 0 Å². The lowest BCUT2D eigenvalue weighted by atomic mass is 10.1. The molecule has 1 aromatic carbocycles. The highest BCUT2D eigenvalue weighted by Gasteiger charge is 2.20. The minimum absolute atomic E-state index is 0.281. The molecule has 0 spiro atoms. The van der Waals surface area contributed by atoms with Crippen molar-refractivity contribution in [1.29, 1.82) is 0 Å². The molecule has 1 nitrogen and oxygen atoms in total. The standard InChI is InChI=1S/C9H8OS/c1-6-3-2-4-8-9(6)7(10)5-11-8/h2-4H,5H2,1H3. The van der Waals surface area contributed by atoms with Crippen LogP contribution >= 0.6 is 11.8 Å². The Balaban J connectivity index is 2.68. The van der Waals surface area contributed by atoms with E-state index in [4.69, 9.17) is 0 Å². The van der Waals surface area contributed by atoms with E-state index >= 15 is 0 Å². The molecule has 11 heavy (non-hydrogen) atoms. The van der Waals surface area contributed by atoms with Gasteiger partial charge < -0.3 is 0 Å². The molecule has 0 N–H and O–H groups in total. The van der Waals surface area contributed by atoms with Gasteiger partial charge in [0.2, 0.25) is 0 Å². The molecular formula is C9H8OS. The monoisotopic (exact) mass is 164 g/mol. The first-order chi connectivity index (χ1) is 5.29. The number of rotatable bonds is 0. The summed E-state index contributed by atoms with van der Waals surface area (Å²) in [6, 6.07) is 6.00. The van der Waals surface area contributed by atoms with Crippen LogP contribution in [-0.4, -0.2) is 11.5 Å². The van der Waals surface area contributed by atoms with Crippen molar-refractivity contribution in [2.24, 2.45) is 0 Å². The Hall–Kier alpha value is -0.760. The van der Waals surface area contributed by atoms with E-state index in [0.29, 0.717) is 5.75 Å². The minimum atomic E-state index is 0.281. The molecule has 0 fully saturated rings. The maximum Gasteiger partial charge on any atom is 0.174 e. The lowest BCUT2D eigenvalue weighted by Gasteiger charge is -1.98. The second kappa shape index (κ2) is 2.38. The van der Waals surface area contributed by atoms with Crippen LogP contribution < -0.4 is 0 Å². The zero-order valence-corrected chi connectivity index (χ0v) is 7.07. The van der Waals surface area contributed by atoms with Gasteiger partial charge in [0.05, 0.1) is 5.75 Å². The van der Waals surface area contributed by atoms with Crippen molar-refractivity contribution in [2.45, 2.75) is 11.8 Å². The summed E-state index contributed by atoms with van der Waals surface area (Å²) < 4.78 is 0. The third kappa shape index (κ3) is 0.979. The Labute approximate surface area is 69.8 Å². The Morgan fingerprint density at radius 3 is 3.00 bits per heavy atom. The first-order valence-electron chi connectivity index (χ1n) is 3.54. The van der Waals surface area contributed by atoms with Crippen molar-refractivity contribution < 1.29 is 4.79 Å². The second-order valence-corrected chi connectivity index (χ2v) is 3.68. The van der Waals surface area contributed by atoms with E-state index in [1.807, 2.05) is 25.1 Å². The summed E-state index contributed by atoms with van der Waals surface area (Å²) in [5.74, 6) is 0.906. The number of carbonyl (C=O) groups is 1. The zero-order chi connectivity index (χ0) is 7.84. The van der Waals surface area contributed by atoms with E-state index in [-0.39, 0.29) is 5.78 Å². The van der Waals surface area contributed by atoms with E-state index in [1.165, 1.54) is 0 Å². The van der Waals surface area contributed by atoms with Crippen LogP contribution in [-0.2, 0) is 0 Å². The number of thioether (sulfide) groups is 1. The third-order valence-electron chi connectivity index (χ3n) is 1.87. The lowest BCUT2D eigenvalue weighted by Crippen LogP contribution is -1.97. The molecule has 2 heteroatoms. The molecule has 56 valence electrons. The van der Waals surface area contributed by atoms with Gasteiger partial charge in [0.1, 0.15) is 0 Å². The van der Waals surface area contributed by atoms with Crippen LogP contribution in [0.3, 0.4) is 0 Å². The molecule has 0 radical (unpaired) electrons. The van der Waals surface area contributed by atoms with Gasteiger partial charge in [-0.1, -0.05) is 12.1 Å². The fourth-order valence-corrected chi connectivity index (χ4v) is 2.36. The highest BCUT2D eigenvalue weighted by Crippen LogP contribution is 2.32. The molecule has 0 aliphatic carbocycles. The number of benzene rings is 1. The van der Waals surface area contributed by atoms with Gasteiger partial charge in [-0.3, -0.25) is 4.79 Å². The van der Waals surface area contributed by atoms with Crippen molar-refractivity contribution in [3.63, 3.8) is 0 Å². The summed E-state index contributed by atoms with van der Waals surface area (Å²) in [5.41, 5.74) is 2.05. The zero-order valence-electron chi connectivity index (χ0n) is 6.26. The number of ketones is 1. The fourth-order valence-electron chi connectivity index (χ4n) is 1.33. The number of hydrogen-bond acceptors (Lipinski definition) is 2. The number of hydrogen-bond donors (Lipinski definition) is 0. The van der Waals surface area contributed by atoms with E-state index in [9.17, 15) is 4.79 Å². The third-order valence-corrected chi connectivity index (χ3v) is 2.93. The Morgan fingerprint density at radius 2 is 2.27 bits per heavy atom. The highest BCUT2D eigenvalue weighted by molar-refractivity contribution is 8.00. The van der Waals surface area contributed by atoms with Crippen molar-refractivity contribution in [3.05, 3.63) is 29.3 Å². The summed E-state index contributed by atoms with van der Waals surface area (Å²) in [5, 5.41) is 0. The van der Waals surface area contributed by atoms with Gasteiger partial charge in [0.15, 0.2) is 5.78 Å². The normalized spacial score (nSPS) is 15.2. The highest BCUT2D eigenvalue weighted by atomic mass is 32.2. The molecule has 1 aromatic rings. The average Bonchev–Trinajstić information content (AvgIpc) is 2.34. The van der Waals surface area contributed by atoms with Crippen LogP contribution in [0.2, 0.25) is 0 Å². The minimum Gasteiger partial charge on any atom is -0.293 e. The second-order valence-electron chi connectivity index (χ2n) is 2.66.